The molecule has 0 fully saturated rings. The second kappa shape index (κ2) is 24.6. The van der Waals surface area contributed by atoms with E-state index in [9.17, 15) is 28.8 Å². The molecule has 0 rings (SSSR count). The summed E-state index contributed by atoms with van der Waals surface area (Å²) in [5.41, 5.74) is 10.6. The minimum atomic E-state index is -0.984. The Labute approximate surface area is 279 Å². The third-order valence-electron chi connectivity index (χ3n) is 6.67. The number of hydrogen-bond acceptors (Lipinski definition) is 9. The Morgan fingerprint density at radius 2 is 1.26 bits per heavy atom. The Hall–Kier alpha value is -3.50. The molecule has 0 aliphatic carbocycles. The fourth-order valence-corrected chi connectivity index (χ4v) is 4.34. The first-order valence-corrected chi connectivity index (χ1v) is 16.4. The number of primary amides is 1. The summed E-state index contributed by atoms with van der Waals surface area (Å²) >= 11 is 0. The predicted octanol–water partition coefficient (Wildman–Crippen LogP) is -0.604. The number of unbranched alkanes of at least 4 members (excludes halogenated alkanes) is 1. The third-order valence-corrected chi connectivity index (χ3v) is 6.67. The highest BCUT2D eigenvalue weighted by Gasteiger charge is 2.31. The van der Waals surface area contributed by atoms with E-state index in [0.717, 1.165) is 0 Å². The molecule has 0 aromatic carbocycles. The van der Waals surface area contributed by atoms with Gasteiger partial charge in [-0.15, -0.1) is 0 Å². The number of rotatable bonds is 25. The molecular weight excluding hydrogens is 612 g/mol. The molecule has 16 nitrogen and oxygen atoms in total. The zero-order valence-corrected chi connectivity index (χ0v) is 29.1. The molecule has 0 unspecified atom stereocenters. The molecule has 3 atom stereocenters. The average Bonchev–Trinajstić information content (AvgIpc) is 2.96. The molecule has 0 saturated carbocycles. The van der Waals surface area contributed by atoms with Crippen molar-refractivity contribution >= 4 is 35.6 Å². The molecule has 0 aliphatic heterocycles. The van der Waals surface area contributed by atoms with Crippen LogP contribution in [0.5, 0.6) is 0 Å². The second-order valence-corrected chi connectivity index (χ2v) is 12.9. The standard InChI is InChI=1S/C31H60N8O8/c1-21(2)26(39-28(43)24(37-22(3)40)10-7-8-12-32)29(44)38-23(11-9-13-36-30(33)45)27(42)35-15-17-47-19-18-46-16-14-34-25(41)20-31(4,5)6/h21,23-24,26H,7-20,32H2,1-6H3,(H,34,41)(H,35,42)(H,37,40)(H,38,44)(H,39,43)(H3,33,36,45)/t23-,24-,26-/m0/s1. The van der Waals surface area contributed by atoms with Gasteiger partial charge in [0.05, 0.1) is 26.4 Å². The van der Waals surface area contributed by atoms with Gasteiger partial charge in [-0.3, -0.25) is 24.0 Å². The minimum absolute atomic E-state index is 0.0270. The number of urea groups is 1. The lowest BCUT2D eigenvalue weighted by molar-refractivity contribution is -0.134. The summed E-state index contributed by atoms with van der Waals surface area (Å²) in [5.74, 6) is -2.28. The Balaban J connectivity index is 4.96. The quantitative estimate of drug-likeness (QED) is 0.0576. The number of nitrogens with one attached hydrogen (secondary N) is 6. The van der Waals surface area contributed by atoms with Gasteiger partial charge in [-0.05, 0) is 50.0 Å². The van der Waals surface area contributed by atoms with Gasteiger partial charge in [-0.1, -0.05) is 34.6 Å². The van der Waals surface area contributed by atoms with Gasteiger partial charge < -0.3 is 52.8 Å². The first kappa shape index (κ1) is 43.5. The molecular formula is C31H60N8O8. The maximum atomic E-state index is 13.3. The average molecular weight is 673 g/mol. The van der Waals surface area contributed by atoms with E-state index in [-0.39, 0.29) is 55.9 Å². The van der Waals surface area contributed by atoms with Crippen LogP contribution in [0.3, 0.4) is 0 Å². The van der Waals surface area contributed by atoms with Crippen LogP contribution in [0, 0.1) is 11.3 Å². The summed E-state index contributed by atoms with van der Waals surface area (Å²) in [5, 5.41) is 16.0. The van der Waals surface area contributed by atoms with Crippen molar-refractivity contribution in [2.45, 2.75) is 98.2 Å². The molecule has 0 spiro atoms. The van der Waals surface area contributed by atoms with E-state index < -0.39 is 41.9 Å². The van der Waals surface area contributed by atoms with E-state index in [1.165, 1.54) is 6.92 Å². The van der Waals surface area contributed by atoms with Crippen molar-refractivity contribution in [2.75, 3.05) is 52.6 Å². The smallest absolute Gasteiger partial charge is 0.312 e. The summed E-state index contributed by atoms with van der Waals surface area (Å²) in [6.07, 6.45) is 2.61. The molecule has 16 heteroatoms. The fraction of sp³-hybridized carbons (Fsp3) is 0.806. The van der Waals surface area contributed by atoms with Crippen LogP contribution in [0.2, 0.25) is 0 Å². The third kappa shape index (κ3) is 23.5. The minimum Gasteiger partial charge on any atom is -0.377 e. The zero-order chi connectivity index (χ0) is 35.8. The van der Waals surface area contributed by atoms with Gasteiger partial charge in [0.2, 0.25) is 29.5 Å². The Bertz CT molecular complexity index is 974. The van der Waals surface area contributed by atoms with Gasteiger partial charge in [-0.2, -0.15) is 0 Å². The van der Waals surface area contributed by atoms with Crippen molar-refractivity contribution in [1.82, 2.24) is 31.9 Å². The molecule has 0 aromatic rings. The fourth-order valence-electron chi connectivity index (χ4n) is 4.34. The van der Waals surface area contributed by atoms with Gasteiger partial charge >= 0.3 is 6.03 Å². The first-order valence-electron chi connectivity index (χ1n) is 16.4. The van der Waals surface area contributed by atoms with Gasteiger partial charge in [0, 0.05) is 33.0 Å². The SMILES string of the molecule is CC(=O)N[C@@H](CCCCN)C(=O)N[C@H](C(=O)N[C@@H](CCCNC(N)=O)C(=O)NCCOCCOCCNC(=O)CC(C)(C)C)C(C)C. The maximum absolute atomic E-state index is 13.3. The molecule has 0 radical (unpaired) electrons. The van der Waals surface area contributed by atoms with Gasteiger partial charge in [0.1, 0.15) is 18.1 Å². The van der Waals surface area contributed by atoms with Crippen molar-refractivity contribution in [3.05, 3.63) is 0 Å². The lowest BCUT2D eigenvalue weighted by Crippen LogP contribution is -2.58. The van der Waals surface area contributed by atoms with E-state index >= 15 is 0 Å². The predicted molar refractivity (Wildman–Crippen MR) is 178 cm³/mol. The van der Waals surface area contributed by atoms with Crippen LogP contribution in [0.25, 0.3) is 0 Å². The van der Waals surface area contributed by atoms with Crippen LogP contribution in [-0.4, -0.2) is 106 Å². The van der Waals surface area contributed by atoms with E-state index in [2.05, 4.69) is 31.9 Å². The normalized spacial score (nSPS) is 13.2. The lowest BCUT2D eigenvalue weighted by atomic mass is 9.92. The zero-order valence-electron chi connectivity index (χ0n) is 29.1. The molecule has 0 aromatic heterocycles. The molecule has 10 N–H and O–H groups in total. The molecule has 272 valence electrons. The van der Waals surface area contributed by atoms with E-state index in [1.807, 2.05) is 20.8 Å². The highest BCUT2D eigenvalue weighted by Crippen LogP contribution is 2.17. The number of carbonyl (C=O) groups excluding carboxylic acids is 6. The van der Waals surface area contributed by atoms with Crippen LogP contribution in [0.15, 0.2) is 0 Å². The summed E-state index contributed by atoms with van der Waals surface area (Å²) in [6, 6.07) is -3.49. The summed E-state index contributed by atoms with van der Waals surface area (Å²) < 4.78 is 11.0. The summed E-state index contributed by atoms with van der Waals surface area (Å²) in [4.78, 5) is 74.0. The van der Waals surface area contributed by atoms with Crippen LogP contribution in [0.4, 0.5) is 4.79 Å². The largest absolute Gasteiger partial charge is 0.377 e. The van der Waals surface area contributed by atoms with Gasteiger partial charge in [0.25, 0.3) is 0 Å². The summed E-state index contributed by atoms with van der Waals surface area (Å²) in [7, 11) is 0. The van der Waals surface area contributed by atoms with Crippen molar-refractivity contribution in [2.24, 2.45) is 22.8 Å². The highest BCUT2D eigenvalue weighted by molar-refractivity contribution is 5.94. The van der Waals surface area contributed by atoms with Crippen molar-refractivity contribution < 1.29 is 38.2 Å². The molecule has 0 heterocycles. The van der Waals surface area contributed by atoms with Crippen molar-refractivity contribution in [1.29, 1.82) is 0 Å². The number of amides is 7. The number of ether oxygens (including phenoxy) is 2. The van der Waals surface area contributed by atoms with Gasteiger partial charge in [0.15, 0.2) is 0 Å². The molecule has 7 amide bonds. The van der Waals surface area contributed by atoms with Crippen LogP contribution >= 0.6 is 0 Å². The number of carbonyl (C=O) groups is 6. The Morgan fingerprint density at radius 3 is 1.79 bits per heavy atom. The molecule has 47 heavy (non-hydrogen) atoms. The van der Waals surface area contributed by atoms with E-state index in [4.69, 9.17) is 20.9 Å². The lowest BCUT2D eigenvalue weighted by Gasteiger charge is -2.27. The summed E-state index contributed by atoms with van der Waals surface area (Å²) in [6.45, 7) is 13.1. The van der Waals surface area contributed by atoms with Crippen LogP contribution in [0.1, 0.15) is 80.1 Å². The van der Waals surface area contributed by atoms with E-state index in [1.54, 1.807) is 13.8 Å². The molecule has 0 aliphatic rings. The maximum Gasteiger partial charge on any atom is 0.312 e. The van der Waals surface area contributed by atoms with Crippen molar-refractivity contribution in [3.63, 3.8) is 0 Å². The number of nitrogens with two attached hydrogens (primary N) is 2. The van der Waals surface area contributed by atoms with Crippen molar-refractivity contribution in [3.8, 4) is 0 Å². The highest BCUT2D eigenvalue weighted by atomic mass is 16.5. The second-order valence-electron chi connectivity index (χ2n) is 12.9. The molecule has 0 saturated heterocycles. The first-order chi connectivity index (χ1) is 22.1. The monoisotopic (exact) mass is 672 g/mol. The topological polar surface area (TPSA) is 245 Å². The Kier molecular flexibility index (Phi) is 22.8. The Morgan fingerprint density at radius 1 is 0.681 bits per heavy atom. The van der Waals surface area contributed by atoms with E-state index in [0.29, 0.717) is 58.4 Å². The van der Waals surface area contributed by atoms with Crippen LogP contribution < -0.4 is 43.4 Å². The van der Waals surface area contributed by atoms with Crippen LogP contribution in [-0.2, 0) is 33.4 Å². The van der Waals surface area contributed by atoms with Gasteiger partial charge in [-0.25, -0.2) is 4.79 Å². The number of hydrogen-bond donors (Lipinski definition) is 8. The molecule has 0 bridgehead atoms.